The first kappa shape index (κ1) is 36.3. The molecule has 3 fully saturated rings. The number of unbranched alkanes of at least 4 members (excludes halogenated alkanes) is 7. The lowest BCUT2D eigenvalue weighted by Crippen LogP contribution is -2.37. The Bertz CT molecular complexity index is 657. The summed E-state index contributed by atoms with van der Waals surface area (Å²) < 4.78 is 0. The molecule has 1 saturated carbocycles. The molecule has 2 heterocycles. The third-order valence-corrected chi connectivity index (χ3v) is 9.27. The van der Waals surface area contributed by atoms with Crippen molar-refractivity contribution in [3.05, 3.63) is 0 Å². The summed E-state index contributed by atoms with van der Waals surface area (Å²) in [4.78, 5) is 7.14. The van der Waals surface area contributed by atoms with Crippen molar-refractivity contribution in [3.63, 3.8) is 0 Å². The molecule has 0 aromatic heterocycles. The van der Waals surface area contributed by atoms with Crippen LogP contribution in [0.2, 0.25) is 0 Å². The summed E-state index contributed by atoms with van der Waals surface area (Å²) >= 11 is 0. The highest BCUT2D eigenvalue weighted by Gasteiger charge is 2.33. The number of rotatable bonds is 19. The highest BCUT2D eigenvalue weighted by molar-refractivity contribution is 7.59. The third-order valence-electron chi connectivity index (χ3n) is 9.27. The van der Waals surface area contributed by atoms with Gasteiger partial charge in [-0.05, 0) is 44.4 Å². The largest absolute Gasteiger partial charge is 0.354 e. The van der Waals surface area contributed by atoms with Crippen LogP contribution in [-0.2, 0) is 0 Å². The molecule has 3 rings (SSSR count). The van der Waals surface area contributed by atoms with Gasteiger partial charge in [0.1, 0.15) is 0 Å². The summed E-state index contributed by atoms with van der Waals surface area (Å²) in [6, 6.07) is 1.03. The average molecular weight is 585 g/mol. The summed E-state index contributed by atoms with van der Waals surface area (Å²) in [5, 5.41) is 20.6. The van der Waals surface area contributed by atoms with E-state index >= 15 is 0 Å². The maximum Gasteiger partial charge on any atom is 0.194 e. The molecule has 6 nitrogen and oxygen atoms in total. The molecule has 230 valence electrons. The number of hydrogen-bond acceptors (Lipinski definition) is 2. The Balaban J connectivity index is 0.00000380. The van der Waals surface area contributed by atoms with Gasteiger partial charge in [-0.1, -0.05) is 97.3 Å². The Morgan fingerprint density at radius 2 is 1.28 bits per heavy atom. The third kappa shape index (κ3) is 12.3. The van der Waals surface area contributed by atoms with Crippen LogP contribution in [0.25, 0.3) is 0 Å². The fourth-order valence-electron chi connectivity index (χ4n) is 6.89. The minimum atomic E-state index is 0. The van der Waals surface area contributed by atoms with E-state index in [4.69, 9.17) is 10.8 Å². The highest BCUT2D eigenvalue weighted by Crippen LogP contribution is 2.28. The highest BCUT2D eigenvalue weighted by atomic mass is 32.1. The van der Waals surface area contributed by atoms with Gasteiger partial charge in [-0.15, -0.1) is 0 Å². The standard InChI is InChI=1S/C31H60N6.2H2S/c1-3-5-7-8-14-24-37-29(20-6-4-2)26-35(31(37)33)22-15-13-21-28-25-34-30(32)36(28)23-16-12-19-27-17-10-9-11-18-27;;/h27-29,33H,3-26H2,1-2H3,(H2,32,34);2*1H2/t28-,29-;;/m0../s1. The van der Waals surface area contributed by atoms with Gasteiger partial charge >= 0.3 is 0 Å². The lowest BCUT2D eigenvalue weighted by Gasteiger charge is -2.26. The molecular weight excluding hydrogens is 521 g/mol. The molecule has 0 unspecified atom stereocenters. The first-order valence-corrected chi connectivity index (χ1v) is 16.3. The minimum absolute atomic E-state index is 0. The monoisotopic (exact) mass is 584 g/mol. The Morgan fingerprint density at radius 1 is 0.667 bits per heavy atom. The SMILES string of the molecule is CCCCCCCN1C(=N)N(CCCC[C@H]2CNC(=N)N2CCCCC2CCCCC2)C[C@@H]1CCCC.S.S. The Kier molecular flexibility index (Phi) is 19.5. The second-order valence-electron chi connectivity index (χ2n) is 12.2. The molecule has 39 heavy (non-hydrogen) atoms. The minimum Gasteiger partial charge on any atom is -0.354 e. The number of guanidine groups is 2. The molecule has 0 amide bonds. The van der Waals surface area contributed by atoms with Crippen molar-refractivity contribution in [3.8, 4) is 0 Å². The second-order valence-corrected chi connectivity index (χ2v) is 12.2. The summed E-state index contributed by atoms with van der Waals surface area (Å²) in [5.74, 6) is 2.42. The van der Waals surface area contributed by atoms with E-state index in [1.165, 1.54) is 116 Å². The van der Waals surface area contributed by atoms with Gasteiger partial charge in [0.25, 0.3) is 0 Å². The summed E-state index contributed by atoms with van der Waals surface area (Å²) in [5.41, 5.74) is 0. The van der Waals surface area contributed by atoms with Crippen molar-refractivity contribution < 1.29 is 0 Å². The maximum atomic E-state index is 8.88. The smallest absolute Gasteiger partial charge is 0.194 e. The fraction of sp³-hybridized carbons (Fsp3) is 0.935. The first-order chi connectivity index (χ1) is 18.1. The van der Waals surface area contributed by atoms with E-state index in [-0.39, 0.29) is 27.0 Å². The van der Waals surface area contributed by atoms with Crippen LogP contribution in [0.3, 0.4) is 0 Å². The van der Waals surface area contributed by atoms with E-state index in [9.17, 15) is 0 Å². The summed E-state index contributed by atoms with van der Waals surface area (Å²) in [6.45, 7) is 9.68. The van der Waals surface area contributed by atoms with Crippen molar-refractivity contribution in [1.29, 1.82) is 10.8 Å². The molecule has 0 bridgehead atoms. The Labute approximate surface area is 255 Å². The molecule has 2 aliphatic heterocycles. The Morgan fingerprint density at radius 3 is 2.03 bits per heavy atom. The molecule has 0 radical (unpaired) electrons. The summed E-state index contributed by atoms with van der Waals surface area (Å²) in [6.07, 6.45) is 25.0. The molecule has 1 aliphatic carbocycles. The number of hydrogen-bond donors (Lipinski definition) is 3. The Hall–Kier alpha value is -0.760. The molecule has 2 atom stereocenters. The molecule has 2 saturated heterocycles. The lowest BCUT2D eigenvalue weighted by atomic mass is 9.86. The topological polar surface area (TPSA) is 69.5 Å². The average Bonchev–Trinajstić information content (AvgIpc) is 3.42. The molecule has 3 N–H and O–H groups in total. The van der Waals surface area contributed by atoms with Gasteiger partial charge in [0, 0.05) is 44.8 Å². The van der Waals surface area contributed by atoms with Crippen LogP contribution in [-0.4, -0.2) is 71.4 Å². The van der Waals surface area contributed by atoms with Gasteiger partial charge in [-0.3, -0.25) is 10.8 Å². The van der Waals surface area contributed by atoms with Crippen LogP contribution < -0.4 is 5.32 Å². The second kappa shape index (κ2) is 21.0. The van der Waals surface area contributed by atoms with E-state index in [1.54, 1.807) is 0 Å². The van der Waals surface area contributed by atoms with Gasteiger partial charge in [-0.25, -0.2) is 0 Å². The fourth-order valence-corrected chi connectivity index (χ4v) is 6.89. The van der Waals surface area contributed by atoms with E-state index in [2.05, 4.69) is 33.9 Å². The van der Waals surface area contributed by atoms with Crippen molar-refractivity contribution in [2.24, 2.45) is 5.92 Å². The van der Waals surface area contributed by atoms with Gasteiger partial charge in [0.05, 0.1) is 0 Å². The van der Waals surface area contributed by atoms with Gasteiger partial charge < -0.3 is 20.0 Å². The van der Waals surface area contributed by atoms with Crippen LogP contribution in [0.5, 0.6) is 0 Å². The maximum absolute atomic E-state index is 8.88. The molecule has 3 aliphatic rings. The molecule has 8 heteroatoms. The quantitative estimate of drug-likeness (QED) is 0.138. The predicted octanol–water partition coefficient (Wildman–Crippen LogP) is 7.42. The predicted molar refractivity (Wildman–Crippen MR) is 179 cm³/mol. The van der Waals surface area contributed by atoms with Crippen molar-refractivity contribution >= 4 is 38.9 Å². The van der Waals surface area contributed by atoms with Gasteiger partial charge in [-0.2, -0.15) is 27.0 Å². The molecule has 0 aromatic rings. The van der Waals surface area contributed by atoms with Crippen LogP contribution in [0.15, 0.2) is 0 Å². The van der Waals surface area contributed by atoms with Crippen LogP contribution in [0.4, 0.5) is 0 Å². The lowest BCUT2D eigenvalue weighted by molar-refractivity contribution is 0.292. The van der Waals surface area contributed by atoms with Crippen LogP contribution >= 0.6 is 27.0 Å². The van der Waals surface area contributed by atoms with Crippen LogP contribution in [0.1, 0.15) is 136 Å². The van der Waals surface area contributed by atoms with E-state index in [1.807, 2.05) is 0 Å². The van der Waals surface area contributed by atoms with Crippen LogP contribution in [0, 0.1) is 16.7 Å². The molecule has 0 spiro atoms. The zero-order chi connectivity index (χ0) is 26.3. The normalized spacial score (nSPS) is 21.7. The first-order valence-electron chi connectivity index (χ1n) is 16.3. The van der Waals surface area contributed by atoms with E-state index in [0.29, 0.717) is 18.0 Å². The molecular formula is C31H64N6S2. The summed E-state index contributed by atoms with van der Waals surface area (Å²) in [7, 11) is 0. The van der Waals surface area contributed by atoms with Gasteiger partial charge in [0.15, 0.2) is 11.9 Å². The zero-order valence-corrected chi connectivity index (χ0v) is 27.5. The van der Waals surface area contributed by atoms with Crippen molar-refractivity contribution in [1.82, 2.24) is 20.0 Å². The van der Waals surface area contributed by atoms with E-state index < -0.39 is 0 Å². The number of nitrogens with one attached hydrogen (secondary N) is 3. The van der Waals surface area contributed by atoms with Gasteiger partial charge in [0.2, 0.25) is 0 Å². The zero-order valence-electron chi connectivity index (χ0n) is 25.5. The van der Waals surface area contributed by atoms with Crippen molar-refractivity contribution in [2.75, 3.05) is 32.7 Å². The van der Waals surface area contributed by atoms with Crippen molar-refractivity contribution in [2.45, 2.75) is 148 Å². The molecule has 0 aromatic carbocycles. The van der Waals surface area contributed by atoms with E-state index in [0.717, 1.165) is 51.0 Å². The number of nitrogens with zero attached hydrogens (tertiary/aromatic N) is 3.